The van der Waals surface area contributed by atoms with Gasteiger partial charge in [0.15, 0.2) is 16.8 Å². The number of carbonyl (C=O) groups excluding carboxylic acids is 1. The van der Waals surface area contributed by atoms with Crippen molar-refractivity contribution in [1.29, 1.82) is 5.26 Å². The zero-order chi connectivity index (χ0) is 28.2. The van der Waals surface area contributed by atoms with Crippen molar-refractivity contribution in [2.45, 2.75) is 13.0 Å². The van der Waals surface area contributed by atoms with Crippen molar-refractivity contribution >= 4 is 60.8 Å². The van der Waals surface area contributed by atoms with Crippen LogP contribution in [0.4, 0.5) is 24.0 Å². The van der Waals surface area contributed by atoms with E-state index in [2.05, 4.69) is 22.6 Å². The van der Waals surface area contributed by atoms with E-state index >= 15 is 4.39 Å². The van der Waals surface area contributed by atoms with Crippen LogP contribution in [-0.4, -0.2) is 53.6 Å². The molecule has 1 amide bonds. The van der Waals surface area contributed by atoms with Crippen molar-refractivity contribution in [2.24, 2.45) is 0 Å². The molecule has 0 aliphatic carbocycles. The van der Waals surface area contributed by atoms with Gasteiger partial charge in [-0.2, -0.15) is 5.26 Å². The second-order valence-corrected chi connectivity index (χ2v) is 10.4. The summed E-state index contributed by atoms with van der Waals surface area (Å²) in [7, 11) is 1.31. The van der Waals surface area contributed by atoms with E-state index in [1.807, 2.05) is 0 Å². The third kappa shape index (κ3) is 4.27. The number of aromatic nitrogens is 2. The van der Waals surface area contributed by atoms with E-state index in [1.54, 1.807) is 11.8 Å². The van der Waals surface area contributed by atoms with Crippen LogP contribution in [0.1, 0.15) is 12.5 Å². The molecule has 0 spiro atoms. The second kappa shape index (κ2) is 9.91. The number of carbonyl (C=O) groups is 1. The van der Waals surface area contributed by atoms with Gasteiger partial charge in [-0.25, -0.2) is 23.1 Å². The summed E-state index contributed by atoms with van der Waals surface area (Å²) in [5, 5.41) is 10.3. The zero-order valence-corrected chi connectivity index (χ0v) is 22.3. The number of ether oxygens (including phenoxy) is 1. The van der Waals surface area contributed by atoms with Gasteiger partial charge in [0.2, 0.25) is 5.88 Å². The lowest BCUT2D eigenvalue weighted by atomic mass is 9.98. The van der Waals surface area contributed by atoms with E-state index in [0.717, 1.165) is 11.3 Å². The minimum absolute atomic E-state index is 0.0211. The van der Waals surface area contributed by atoms with Gasteiger partial charge in [0, 0.05) is 42.2 Å². The van der Waals surface area contributed by atoms with Crippen molar-refractivity contribution in [3.63, 3.8) is 0 Å². The first-order valence-electron chi connectivity index (χ1n) is 11.6. The van der Waals surface area contributed by atoms with Crippen LogP contribution < -0.4 is 15.4 Å². The number of anilines is 2. The van der Waals surface area contributed by atoms with E-state index < -0.39 is 29.4 Å². The molecule has 200 valence electrons. The molecule has 39 heavy (non-hydrogen) atoms. The number of methoxy groups -OCH3 is 1. The summed E-state index contributed by atoms with van der Waals surface area (Å²) in [4.78, 5) is 23.8. The van der Waals surface area contributed by atoms with Crippen LogP contribution in [-0.2, 0) is 4.79 Å². The van der Waals surface area contributed by atoms with Crippen molar-refractivity contribution < 1.29 is 22.7 Å². The summed E-state index contributed by atoms with van der Waals surface area (Å²) in [6, 6.07) is 5.65. The Morgan fingerprint density at radius 3 is 2.69 bits per heavy atom. The first-order valence-corrected chi connectivity index (χ1v) is 12.8. The van der Waals surface area contributed by atoms with E-state index in [0.29, 0.717) is 5.69 Å². The molecule has 2 N–H and O–H groups in total. The SMILES string of the molecule is C=C(F)C(=O)N1CCN(c2c(C#N)c(OC)nc3c(F)c(-c4ccc(F)c5sc(N)nc45)c(Cl)cc23)C[C@H]1C. The first-order chi connectivity index (χ1) is 18.6. The Hall–Kier alpha value is -4.08. The summed E-state index contributed by atoms with van der Waals surface area (Å²) < 4.78 is 49.8. The number of nitrogen functional groups attached to an aromatic ring is 1. The Morgan fingerprint density at radius 1 is 1.31 bits per heavy atom. The molecule has 1 atom stereocenters. The monoisotopic (exact) mass is 572 g/mol. The minimum Gasteiger partial charge on any atom is -0.480 e. The zero-order valence-electron chi connectivity index (χ0n) is 20.7. The molecule has 13 heteroatoms. The van der Waals surface area contributed by atoms with Crippen LogP contribution in [0.15, 0.2) is 30.6 Å². The number of hydrogen-bond acceptors (Lipinski definition) is 8. The molecule has 0 saturated carbocycles. The van der Waals surface area contributed by atoms with Gasteiger partial charge in [0.05, 0.1) is 28.0 Å². The summed E-state index contributed by atoms with van der Waals surface area (Å²) in [6.07, 6.45) is 0. The average Bonchev–Trinajstić information content (AvgIpc) is 3.30. The number of thiazole rings is 1. The number of nitrogens with two attached hydrogens (primary N) is 1. The maximum Gasteiger partial charge on any atom is 0.282 e. The molecular weight excluding hydrogens is 553 g/mol. The molecule has 0 radical (unpaired) electrons. The Labute approximate surface area is 229 Å². The van der Waals surface area contributed by atoms with Crippen molar-refractivity contribution in [2.75, 3.05) is 37.4 Å². The predicted molar refractivity (Wildman–Crippen MR) is 145 cm³/mol. The molecular formula is C26H20ClF3N6O2S. The van der Waals surface area contributed by atoms with E-state index in [1.165, 1.54) is 30.2 Å². The second-order valence-electron chi connectivity index (χ2n) is 8.92. The van der Waals surface area contributed by atoms with Crippen LogP contribution in [0, 0.1) is 23.0 Å². The van der Waals surface area contributed by atoms with Gasteiger partial charge in [-0.1, -0.05) is 29.5 Å². The molecule has 1 saturated heterocycles. The summed E-state index contributed by atoms with van der Waals surface area (Å²) >= 11 is 7.57. The Bertz CT molecular complexity index is 1740. The number of nitriles is 1. The Morgan fingerprint density at radius 2 is 2.05 bits per heavy atom. The fourth-order valence-electron chi connectivity index (χ4n) is 4.93. The molecule has 2 aromatic heterocycles. The normalized spacial score (nSPS) is 15.6. The number of benzene rings is 2. The number of fused-ring (bicyclic) bond motifs is 2. The molecule has 8 nitrogen and oxygen atoms in total. The highest BCUT2D eigenvalue weighted by Gasteiger charge is 2.33. The lowest BCUT2D eigenvalue weighted by Gasteiger charge is -2.41. The Balaban J connectivity index is 1.73. The van der Waals surface area contributed by atoms with Crippen LogP contribution in [0.3, 0.4) is 0 Å². The number of rotatable bonds is 4. The number of halogens is 4. The molecule has 1 fully saturated rings. The van der Waals surface area contributed by atoms with Gasteiger partial charge in [-0.3, -0.25) is 4.79 Å². The van der Waals surface area contributed by atoms with Crippen molar-refractivity contribution in [1.82, 2.24) is 14.9 Å². The highest BCUT2D eigenvalue weighted by Crippen LogP contribution is 2.44. The topological polar surface area (TPSA) is 108 Å². The molecule has 1 aliphatic rings. The lowest BCUT2D eigenvalue weighted by Crippen LogP contribution is -2.54. The van der Waals surface area contributed by atoms with Gasteiger partial charge >= 0.3 is 0 Å². The summed E-state index contributed by atoms with van der Waals surface area (Å²) in [6.45, 7) is 5.35. The molecule has 0 unspecified atom stereocenters. The number of amides is 1. The smallest absolute Gasteiger partial charge is 0.282 e. The quantitative estimate of drug-likeness (QED) is 0.325. The van der Waals surface area contributed by atoms with Crippen LogP contribution in [0.5, 0.6) is 5.88 Å². The highest BCUT2D eigenvalue weighted by molar-refractivity contribution is 7.22. The van der Waals surface area contributed by atoms with Crippen molar-refractivity contribution in [3.05, 3.63) is 52.8 Å². The van der Waals surface area contributed by atoms with E-state index in [4.69, 9.17) is 22.1 Å². The molecule has 4 aromatic rings. The number of nitrogens with zero attached hydrogens (tertiary/aromatic N) is 5. The summed E-state index contributed by atoms with van der Waals surface area (Å²) in [5.74, 6) is -3.37. The molecule has 5 rings (SSSR count). The predicted octanol–water partition coefficient (Wildman–Crippen LogP) is 5.43. The van der Waals surface area contributed by atoms with Gasteiger partial charge < -0.3 is 20.3 Å². The van der Waals surface area contributed by atoms with Crippen molar-refractivity contribution in [3.8, 4) is 23.1 Å². The van der Waals surface area contributed by atoms with Gasteiger partial charge in [-0.05, 0) is 25.1 Å². The maximum absolute atomic E-state index is 16.3. The Kier molecular flexibility index (Phi) is 6.74. The van der Waals surface area contributed by atoms with Gasteiger partial charge in [0.1, 0.15) is 23.0 Å². The fourth-order valence-corrected chi connectivity index (χ4v) is 5.99. The lowest BCUT2D eigenvalue weighted by molar-refractivity contribution is -0.130. The number of hydrogen-bond donors (Lipinski definition) is 1. The molecule has 0 bridgehead atoms. The average molecular weight is 573 g/mol. The molecule has 1 aliphatic heterocycles. The first kappa shape index (κ1) is 26.5. The minimum atomic E-state index is -1.07. The summed E-state index contributed by atoms with van der Waals surface area (Å²) in [5.41, 5.74) is 6.34. The van der Waals surface area contributed by atoms with Gasteiger partial charge in [0.25, 0.3) is 5.91 Å². The largest absolute Gasteiger partial charge is 0.480 e. The number of pyridine rings is 1. The fraction of sp³-hybridized carbons (Fsp3) is 0.231. The molecule has 2 aromatic carbocycles. The third-order valence-electron chi connectivity index (χ3n) is 6.63. The maximum atomic E-state index is 16.3. The van der Waals surface area contributed by atoms with Crippen LogP contribution >= 0.6 is 22.9 Å². The third-order valence-corrected chi connectivity index (χ3v) is 7.83. The molecule has 3 heterocycles. The van der Waals surface area contributed by atoms with Gasteiger partial charge in [-0.15, -0.1) is 0 Å². The number of piperazine rings is 1. The van der Waals surface area contributed by atoms with E-state index in [-0.39, 0.29) is 73.5 Å². The van der Waals surface area contributed by atoms with Crippen LogP contribution in [0.25, 0.3) is 32.2 Å². The highest BCUT2D eigenvalue weighted by atomic mass is 35.5. The standard InChI is InChI=1S/C26H20ClF3N6O2S/c1-11-10-35(6-7-36(11)25(37)12(2)28)22-14-8-16(27)18(19(30)20(14)33-24(38-3)15(22)9-31)13-4-5-17(29)23-21(13)34-26(32)39-23/h4-5,8,11H,2,6-7,10H2,1,3H3,(H2,32,34)/t11-/m1/s1. The van der Waals surface area contributed by atoms with E-state index in [9.17, 15) is 18.8 Å². The van der Waals surface area contributed by atoms with Crippen LogP contribution in [0.2, 0.25) is 5.02 Å².